The summed E-state index contributed by atoms with van der Waals surface area (Å²) in [5.74, 6) is -0.429. The molecule has 1 aromatic heterocycles. The molecule has 0 saturated carbocycles. The molecule has 0 unspecified atom stereocenters. The Labute approximate surface area is 134 Å². The van der Waals surface area contributed by atoms with Crippen molar-refractivity contribution < 1.29 is 18.0 Å². The summed E-state index contributed by atoms with van der Waals surface area (Å²) < 4.78 is 39.2. The summed E-state index contributed by atoms with van der Waals surface area (Å²) >= 11 is 7.65. The molecular weight excluding hydrogens is 421 g/mol. The number of ketones is 1. The lowest BCUT2D eigenvalue weighted by Crippen LogP contribution is -2.08. The third-order valence-corrected chi connectivity index (χ3v) is 5.45. The molecule has 0 aliphatic heterocycles. The van der Waals surface area contributed by atoms with Crippen molar-refractivity contribution in [3.8, 4) is 0 Å². The van der Waals surface area contributed by atoms with Crippen molar-refractivity contribution in [3.05, 3.63) is 54.1 Å². The molecule has 106 valence electrons. The zero-order valence-electron chi connectivity index (χ0n) is 10.0. The average Bonchev–Trinajstić information content (AvgIpc) is 2.68. The lowest BCUT2D eigenvalue weighted by molar-refractivity contribution is -0.137. The first kappa shape index (κ1) is 15.7. The quantitative estimate of drug-likeness (QED) is 0.551. The standard InChI is InChI=1S/C13H7Br2F3OS/c1-6-10(15)5-11(20-6)12(19)8-4-7(13(16,17)18)2-3-9(8)14/h2-5H,1H3. The molecule has 0 saturated heterocycles. The second-order valence-corrected chi connectivity index (χ2v) is 7.00. The first-order valence-electron chi connectivity index (χ1n) is 5.37. The number of halogens is 5. The molecule has 0 fully saturated rings. The molecule has 1 heterocycles. The van der Waals surface area contributed by atoms with Gasteiger partial charge in [0.15, 0.2) is 0 Å². The molecule has 0 atom stereocenters. The fourth-order valence-corrected chi connectivity index (χ4v) is 3.50. The fourth-order valence-electron chi connectivity index (χ4n) is 1.58. The van der Waals surface area contributed by atoms with E-state index >= 15 is 0 Å². The van der Waals surface area contributed by atoms with Crippen molar-refractivity contribution in [1.29, 1.82) is 0 Å². The Balaban J connectivity index is 2.49. The van der Waals surface area contributed by atoms with Gasteiger partial charge < -0.3 is 0 Å². The van der Waals surface area contributed by atoms with Gasteiger partial charge in [-0.05, 0) is 47.1 Å². The van der Waals surface area contributed by atoms with E-state index in [0.717, 1.165) is 21.5 Å². The maximum Gasteiger partial charge on any atom is 0.416 e. The Bertz CT molecular complexity index is 657. The van der Waals surface area contributed by atoms with Crippen LogP contribution in [0.25, 0.3) is 0 Å². The topological polar surface area (TPSA) is 17.1 Å². The molecule has 0 aliphatic rings. The van der Waals surface area contributed by atoms with Crippen LogP contribution in [0.15, 0.2) is 33.2 Å². The van der Waals surface area contributed by atoms with Crippen LogP contribution in [0.1, 0.15) is 25.7 Å². The SMILES string of the molecule is Cc1sc(C(=O)c2cc(C(F)(F)F)ccc2Br)cc1Br. The van der Waals surface area contributed by atoms with E-state index in [1.54, 1.807) is 6.07 Å². The molecule has 0 spiro atoms. The van der Waals surface area contributed by atoms with E-state index in [2.05, 4.69) is 31.9 Å². The molecule has 0 radical (unpaired) electrons. The Morgan fingerprint density at radius 2 is 1.80 bits per heavy atom. The van der Waals surface area contributed by atoms with Gasteiger partial charge in [-0.3, -0.25) is 4.79 Å². The van der Waals surface area contributed by atoms with Gasteiger partial charge in [0, 0.05) is 19.4 Å². The fraction of sp³-hybridized carbons (Fsp3) is 0.154. The van der Waals surface area contributed by atoms with Gasteiger partial charge in [0.1, 0.15) is 0 Å². The molecule has 1 nitrogen and oxygen atoms in total. The Hall–Kier alpha value is -0.660. The largest absolute Gasteiger partial charge is 0.416 e. The monoisotopic (exact) mass is 426 g/mol. The normalized spacial score (nSPS) is 11.7. The first-order chi connectivity index (χ1) is 9.20. The zero-order chi connectivity index (χ0) is 15.1. The third-order valence-electron chi connectivity index (χ3n) is 2.62. The molecule has 0 aliphatic carbocycles. The Morgan fingerprint density at radius 1 is 1.15 bits per heavy atom. The number of hydrogen-bond acceptors (Lipinski definition) is 2. The van der Waals surface area contributed by atoms with Crippen LogP contribution in [-0.4, -0.2) is 5.78 Å². The number of benzene rings is 1. The summed E-state index contributed by atoms with van der Waals surface area (Å²) in [5.41, 5.74) is -0.829. The zero-order valence-corrected chi connectivity index (χ0v) is 14.0. The summed E-state index contributed by atoms with van der Waals surface area (Å²) in [5, 5.41) is 0. The summed E-state index contributed by atoms with van der Waals surface area (Å²) in [6.45, 7) is 1.83. The summed E-state index contributed by atoms with van der Waals surface area (Å²) in [4.78, 5) is 13.6. The van der Waals surface area contributed by atoms with Crippen LogP contribution < -0.4 is 0 Å². The molecule has 2 aromatic rings. The number of carbonyl (C=O) groups excluding carboxylic acids is 1. The second-order valence-electron chi connectivity index (χ2n) is 4.04. The first-order valence-corrected chi connectivity index (χ1v) is 7.78. The van der Waals surface area contributed by atoms with Crippen molar-refractivity contribution >= 4 is 49.0 Å². The number of thiophene rings is 1. The van der Waals surface area contributed by atoms with Crippen molar-refractivity contribution in [2.75, 3.05) is 0 Å². The second kappa shape index (κ2) is 5.61. The minimum absolute atomic E-state index is 0.00794. The highest BCUT2D eigenvalue weighted by Crippen LogP contribution is 2.34. The van der Waals surface area contributed by atoms with Gasteiger partial charge in [-0.1, -0.05) is 15.9 Å². The van der Waals surface area contributed by atoms with Crippen molar-refractivity contribution in [2.45, 2.75) is 13.1 Å². The van der Waals surface area contributed by atoms with Crippen LogP contribution in [0, 0.1) is 6.92 Å². The van der Waals surface area contributed by atoms with Crippen LogP contribution in [0.2, 0.25) is 0 Å². The van der Waals surface area contributed by atoms with Crippen LogP contribution in [0.5, 0.6) is 0 Å². The number of carbonyl (C=O) groups is 1. The maximum absolute atomic E-state index is 12.7. The van der Waals surface area contributed by atoms with E-state index in [1.165, 1.54) is 17.4 Å². The Kier molecular flexibility index (Phi) is 4.41. The molecule has 0 bridgehead atoms. The predicted molar refractivity (Wildman–Crippen MR) is 79.3 cm³/mol. The lowest BCUT2D eigenvalue weighted by atomic mass is 10.1. The Morgan fingerprint density at radius 3 is 2.30 bits per heavy atom. The molecule has 7 heteroatoms. The average molecular weight is 428 g/mol. The van der Waals surface area contributed by atoms with Gasteiger partial charge in [0.05, 0.1) is 10.4 Å². The van der Waals surface area contributed by atoms with Gasteiger partial charge >= 0.3 is 6.18 Å². The third kappa shape index (κ3) is 3.15. The minimum Gasteiger partial charge on any atom is -0.288 e. The highest BCUT2D eigenvalue weighted by Gasteiger charge is 2.31. The minimum atomic E-state index is -4.47. The van der Waals surface area contributed by atoms with E-state index in [9.17, 15) is 18.0 Å². The van der Waals surface area contributed by atoms with E-state index in [-0.39, 0.29) is 5.56 Å². The molecule has 0 N–H and O–H groups in total. The van der Waals surface area contributed by atoms with Gasteiger partial charge in [-0.25, -0.2) is 0 Å². The van der Waals surface area contributed by atoms with Gasteiger partial charge in [-0.2, -0.15) is 13.2 Å². The van der Waals surface area contributed by atoms with Gasteiger partial charge in [0.25, 0.3) is 0 Å². The summed E-state index contributed by atoms with van der Waals surface area (Å²) in [7, 11) is 0. The molecule has 1 aromatic carbocycles. The lowest BCUT2D eigenvalue weighted by Gasteiger charge is -2.09. The predicted octanol–water partition coefficient (Wildman–Crippen LogP) is 5.83. The molecular formula is C13H7Br2F3OS. The van der Waals surface area contributed by atoms with E-state index in [1.807, 2.05) is 6.92 Å². The van der Waals surface area contributed by atoms with Crippen molar-refractivity contribution in [2.24, 2.45) is 0 Å². The van der Waals surface area contributed by atoms with Crippen molar-refractivity contribution in [1.82, 2.24) is 0 Å². The van der Waals surface area contributed by atoms with Crippen LogP contribution in [0.4, 0.5) is 13.2 Å². The van der Waals surface area contributed by atoms with E-state index < -0.39 is 17.5 Å². The number of hydrogen-bond donors (Lipinski definition) is 0. The van der Waals surface area contributed by atoms with Gasteiger partial charge in [0.2, 0.25) is 5.78 Å². The van der Waals surface area contributed by atoms with Gasteiger partial charge in [-0.15, -0.1) is 11.3 Å². The highest BCUT2D eigenvalue weighted by atomic mass is 79.9. The van der Waals surface area contributed by atoms with Crippen molar-refractivity contribution in [3.63, 3.8) is 0 Å². The number of alkyl halides is 3. The molecule has 0 amide bonds. The maximum atomic E-state index is 12.7. The summed E-state index contributed by atoms with van der Waals surface area (Å²) in [6, 6.07) is 4.67. The molecule has 20 heavy (non-hydrogen) atoms. The summed E-state index contributed by atoms with van der Waals surface area (Å²) in [6.07, 6.45) is -4.47. The molecule has 2 rings (SSSR count). The van der Waals surface area contributed by atoms with Crippen LogP contribution in [0.3, 0.4) is 0 Å². The van der Waals surface area contributed by atoms with E-state index in [0.29, 0.717) is 9.35 Å². The van der Waals surface area contributed by atoms with Crippen LogP contribution in [-0.2, 0) is 6.18 Å². The highest BCUT2D eigenvalue weighted by molar-refractivity contribution is 9.10. The van der Waals surface area contributed by atoms with E-state index in [4.69, 9.17) is 0 Å². The van der Waals surface area contributed by atoms with Crippen LogP contribution >= 0.6 is 43.2 Å². The number of aryl methyl sites for hydroxylation is 1. The smallest absolute Gasteiger partial charge is 0.288 e. The number of rotatable bonds is 2.